The van der Waals surface area contributed by atoms with Crippen LogP contribution in [-0.4, -0.2) is 26.9 Å². The minimum Gasteiger partial charge on any atom is -0.481 e. The van der Waals surface area contributed by atoms with Crippen LogP contribution in [0.3, 0.4) is 0 Å². The number of nitrogens with one attached hydrogen (secondary N) is 1. The van der Waals surface area contributed by atoms with E-state index in [2.05, 4.69) is 4.98 Å². The van der Waals surface area contributed by atoms with E-state index < -0.39 is 16.8 Å². The number of nitrogens with two attached hydrogens (primary N) is 1. The summed E-state index contributed by atoms with van der Waals surface area (Å²) < 4.78 is 0. The molecule has 0 saturated heterocycles. The van der Waals surface area contributed by atoms with Crippen LogP contribution in [0, 0.1) is 10.1 Å². The molecule has 21 heavy (non-hydrogen) atoms. The smallest absolute Gasteiger partial charge is 0.303 e. The summed E-state index contributed by atoms with van der Waals surface area (Å²) in [7, 11) is 0. The van der Waals surface area contributed by atoms with Crippen molar-refractivity contribution in [2.75, 3.05) is 0 Å². The van der Waals surface area contributed by atoms with Gasteiger partial charge in [-0.25, -0.2) is 0 Å². The minimum atomic E-state index is -0.943. The minimum absolute atomic E-state index is 0.0558. The van der Waals surface area contributed by atoms with Gasteiger partial charge >= 0.3 is 5.97 Å². The van der Waals surface area contributed by atoms with E-state index in [0.717, 1.165) is 0 Å². The van der Waals surface area contributed by atoms with E-state index in [1.54, 1.807) is 6.07 Å². The number of carboxylic acids is 1. The lowest BCUT2D eigenvalue weighted by atomic mass is 10.0. The number of carboxylic acid groups (broad SMARTS) is 1. The highest BCUT2D eigenvalue weighted by molar-refractivity contribution is 6.02. The van der Waals surface area contributed by atoms with Gasteiger partial charge in [-0.1, -0.05) is 12.1 Å². The molecule has 1 amide bonds. The fourth-order valence-electron chi connectivity index (χ4n) is 2.30. The molecule has 0 unspecified atom stereocenters. The van der Waals surface area contributed by atoms with Crippen molar-refractivity contribution in [3.63, 3.8) is 0 Å². The number of benzene rings is 1. The van der Waals surface area contributed by atoms with Gasteiger partial charge in [0.05, 0.1) is 4.92 Å². The van der Waals surface area contributed by atoms with Crippen LogP contribution in [0.4, 0.5) is 5.69 Å². The molecule has 0 saturated carbocycles. The number of nitro groups is 1. The number of nitro benzene ring substituents is 1. The molecule has 0 aliphatic rings. The third kappa shape index (κ3) is 2.83. The molecule has 1 heterocycles. The second-order valence-corrected chi connectivity index (χ2v) is 4.55. The second-order valence-electron chi connectivity index (χ2n) is 4.55. The van der Waals surface area contributed by atoms with Gasteiger partial charge in [-0.3, -0.25) is 19.7 Å². The number of aromatic amines is 1. The van der Waals surface area contributed by atoms with E-state index >= 15 is 0 Å². The highest BCUT2D eigenvalue weighted by Gasteiger charge is 2.21. The Morgan fingerprint density at radius 3 is 2.67 bits per heavy atom. The van der Waals surface area contributed by atoms with Crippen molar-refractivity contribution in [3.8, 4) is 0 Å². The first-order valence-corrected chi connectivity index (χ1v) is 6.21. The number of aromatic nitrogens is 1. The monoisotopic (exact) mass is 291 g/mol. The molecule has 0 aliphatic carbocycles. The maximum atomic E-state index is 11.5. The van der Waals surface area contributed by atoms with E-state index in [0.29, 0.717) is 23.8 Å². The van der Waals surface area contributed by atoms with Gasteiger partial charge < -0.3 is 15.8 Å². The standard InChI is InChI=1S/C13H13N3O5/c14-13(19)12-8(4-2-6-10(17)18)7-3-1-5-9(16(20)21)11(7)15-12/h1,3,5,15H,2,4,6H2,(H2,14,19)(H,17,18). The number of nitrogens with zero attached hydrogens (tertiary/aromatic N) is 1. The third-order valence-corrected chi connectivity index (χ3v) is 3.18. The van der Waals surface area contributed by atoms with E-state index in [9.17, 15) is 19.7 Å². The van der Waals surface area contributed by atoms with Crippen LogP contribution in [0.15, 0.2) is 18.2 Å². The number of fused-ring (bicyclic) bond motifs is 1. The van der Waals surface area contributed by atoms with Crippen LogP contribution in [0.2, 0.25) is 0 Å². The van der Waals surface area contributed by atoms with Gasteiger partial charge in [0.15, 0.2) is 0 Å². The van der Waals surface area contributed by atoms with Crippen molar-refractivity contribution in [1.29, 1.82) is 0 Å². The first kappa shape index (κ1) is 14.5. The highest BCUT2D eigenvalue weighted by atomic mass is 16.6. The molecule has 1 aromatic carbocycles. The number of rotatable bonds is 6. The van der Waals surface area contributed by atoms with Crippen LogP contribution in [0.25, 0.3) is 10.9 Å². The zero-order valence-corrected chi connectivity index (χ0v) is 11.0. The molecule has 2 rings (SSSR count). The normalized spacial score (nSPS) is 10.7. The Balaban J connectivity index is 2.53. The van der Waals surface area contributed by atoms with E-state index in [4.69, 9.17) is 10.8 Å². The van der Waals surface area contributed by atoms with Crippen LogP contribution >= 0.6 is 0 Å². The largest absolute Gasteiger partial charge is 0.481 e. The third-order valence-electron chi connectivity index (χ3n) is 3.18. The quantitative estimate of drug-likeness (QED) is 0.547. The summed E-state index contributed by atoms with van der Waals surface area (Å²) in [6, 6.07) is 4.48. The summed E-state index contributed by atoms with van der Waals surface area (Å²) in [6.07, 6.45) is 0.552. The Morgan fingerprint density at radius 1 is 1.38 bits per heavy atom. The number of aliphatic carboxylic acids is 1. The van der Waals surface area contributed by atoms with Gasteiger partial charge in [0.1, 0.15) is 11.2 Å². The molecule has 4 N–H and O–H groups in total. The molecule has 2 aromatic rings. The molecular weight excluding hydrogens is 278 g/mol. The van der Waals surface area contributed by atoms with Crippen molar-refractivity contribution in [3.05, 3.63) is 39.6 Å². The van der Waals surface area contributed by atoms with Crippen LogP contribution in [0.1, 0.15) is 28.9 Å². The first-order chi connectivity index (χ1) is 9.91. The maximum absolute atomic E-state index is 11.5. The molecule has 0 fully saturated rings. The van der Waals surface area contributed by atoms with Crippen LogP contribution in [-0.2, 0) is 11.2 Å². The van der Waals surface area contributed by atoms with Gasteiger partial charge in [-0.05, 0) is 18.4 Å². The lowest BCUT2D eigenvalue weighted by Gasteiger charge is -2.01. The number of non-ortho nitro benzene ring substituents is 1. The highest BCUT2D eigenvalue weighted by Crippen LogP contribution is 2.30. The van der Waals surface area contributed by atoms with Crippen molar-refractivity contribution < 1.29 is 19.6 Å². The van der Waals surface area contributed by atoms with Crippen LogP contribution < -0.4 is 5.73 Å². The Hall–Kier alpha value is -2.90. The predicted octanol–water partition coefficient (Wildman–Crippen LogP) is 1.58. The number of amides is 1. The Morgan fingerprint density at radius 2 is 2.10 bits per heavy atom. The molecule has 0 spiro atoms. The maximum Gasteiger partial charge on any atom is 0.303 e. The number of carbonyl (C=O) groups excluding carboxylic acids is 1. The molecular formula is C13H13N3O5. The first-order valence-electron chi connectivity index (χ1n) is 6.21. The topological polar surface area (TPSA) is 139 Å². The van der Waals surface area contributed by atoms with Gasteiger partial charge in [0.2, 0.25) is 0 Å². The molecule has 0 atom stereocenters. The van der Waals surface area contributed by atoms with Crippen molar-refractivity contribution in [1.82, 2.24) is 4.98 Å². The molecule has 1 aromatic heterocycles. The Labute approximate surface area is 118 Å². The fraction of sp³-hybridized carbons (Fsp3) is 0.231. The number of hydrogen-bond donors (Lipinski definition) is 3. The van der Waals surface area contributed by atoms with Crippen LogP contribution in [0.5, 0.6) is 0 Å². The number of para-hydroxylation sites is 1. The Kier molecular flexibility index (Phi) is 3.88. The average Bonchev–Trinajstić information content (AvgIpc) is 2.77. The summed E-state index contributed by atoms with van der Waals surface area (Å²) in [5, 5.41) is 20.2. The summed E-state index contributed by atoms with van der Waals surface area (Å²) in [5.74, 6) is -1.67. The number of carbonyl (C=O) groups is 2. The molecule has 0 bridgehead atoms. The van der Waals surface area contributed by atoms with E-state index in [1.807, 2.05) is 0 Å². The summed E-state index contributed by atoms with van der Waals surface area (Å²) in [5.41, 5.74) is 5.95. The predicted molar refractivity (Wildman–Crippen MR) is 74.0 cm³/mol. The lowest BCUT2D eigenvalue weighted by molar-refractivity contribution is -0.383. The van der Waals surface area contributed by atoms with E-state index in [1.165, 1.54) is 12.1 Å². The zero-order chi connectivity index (χ0) is 15.6. The average molecular weight is 291 g/mol. The zero-order valence-electron chi connectivity index (χ0n) is 11.0. The molecule has 8 heteroatoms. The summed E-state index contributed by atoms with van der Waals surface area (Å²) in [4.78, 5) is 35.2. The molecule has 0 aliphatic heterocycles. The molecule has 0 radical (unpaired) electrons. The van der Waals surface area contributed by atoms with Gasteiger partial charge in [-0.2, -0.15) is 0 Å². The Bertz CT molecular complexity index is 735. The SMILES string of the molecule is NC(=O)c1[nH]c2c([N+](=O)[O-])cccc2c1CCCC(=O)O. The number of H-pyrrole nitrogens is 1. The fourth-order valence-corrected chi connectivity index (χ4v) is 2.30. The second kappa shape index (κ2) is 5.61. The summed E-state index contributed by atoms with van der Waals surface area (Å²) in [6.45, 7) is 0. The van der Waals surface area contributed by atoms with Gasteiger partial charge in [-0.15, -0.1) is 0 Å². The number of hydrogen-bond acceptors (Lipinski definition) is 4. The number of primary amides is 1. The molecule has 110 valence electrons. The molecule has 8 nitrogen and oxygen atoms in total. The number of aryl methyl sites for hydroxylation is 1. The van der Waals surface area contributed by atoms with Gasteiger partial charge in [0.25, 0.3) is 11.6 Å². The van der Waals surface area contributed by atoms with Crippen molar-refractivity contribution in [2.45, 2.75) is 19.3 Å². The lowest BCUT2D eigenvalue weighted by Crippen LogP contribution is -2.13. The van der Waals surface area contributed by atoms with Gasteiger partial charge in [0, 0.05) is 17.9 Å². The van der Waals surface area contributed by atoms with Crippen molar-refractivity contribution in [2.24, 2.45) is 5.73 Å². The van der Waals surface area contributed by atoms with E-state index in [-0.39, 0.29) is 23.3 Å². The summed E-state index contributed by atoms with van der Waals surface area (Å²) >= 11 is 0. The van der Waals surface area contributed by atoms with Crippen molar-refractivity contribution >= 4 is 28.5 Å².